The Labute approximate surface area is 167 Å². The predicted molar refractivity (Wildman–Crippen MR) is 111 cm³/mol. The zero-order valence-corrected chi connectivity index (χ0v) is 16.7. The molecular weight excluding hydrogens is 369 g/mol. The second-order valence-electron chi connectivity index (χ2n) is 7.18. The molecule has 1 aromatic heterocycles. The fourth-order valence-corrected chi connectivity index (χ4v) is 3.76. The summed E-state index contributed by atoms with van der Waals surface area (Å²) >= 11 is 0. The van der Waals surface area contributed by atoms with E-state index < -0.39 is 0 Å². The Balaban J connectivity index is 0.00000121. The average molecular weight is 396 g/mol. The zero-order valence-electron chi connectivity index (χ0n) is 15.1. The molecule has 1 aromatic carbocycles. The van der Waals surface area contributed by atoms with Crippen LogP contribution in [-0.2, 0) is 0 Å². The third-order valence-corrected chi connectivity index (χ3v) is 5.36. The second-order valence-corrected chi connectivity index (χ2v) is 7.18. The molecule has 1 aliphatic carbocycles. The van der Waals surface area contributed by atoms with Crippen LogP contribution in [0.2, 0.25) is 0 Å². The summed E-state index contributed by atoms with van der Waals surface area (Å²) in [7, 11) is 2.00. The highest BCUT2D eigenvalue weighted by Gasteiger charge is 2.29. The normalized spacial score (nSPS) is 17.5. The van der Waals surface area contributed by atoms with Gasteiger partial charge in [-0.25, -0.2) is 0 Å². The zero-order chi connectivity index (χ0) is 16.5. The van der Waals surface area contributed by atoms with Crippen molar-refractivity contribution in [1.29, 1.82) is 0 Å². The Morgan fingerprint density at radius 2 is 1.85 bits per heavy atom. The minimum atomic E-state index is 0. The molecule has 0 bridgehead atoms. The van der Waals surface area contributed by atoms with Crippen LogP contribution in [0.1, 0.15) is 47.7 Å². The van der Waals surface area contributed by atoms with E-state index in [0.29, 0.717) is 11.8 Å². The van der Waals surface area contributed by atoms with Gasteiger partial charge in [0.05, 0.1) is 11.1 Å². The Bertz CT molecular complexity index is 756. The van der Waals surface area contributed by atoms with Gasteiger partial charge in [0.25, 0.3) is 5.91 Å². The van der Waals surface area contributed by atoms with Gasteiger partial charge in [0.1, 0.15) is 0 Å². The van der Waals surface area contributed by atoms with Crippen LogP contribution < -0.4 is 5.32 Å². The third-order valence-electron chi connectivity index (χ3n) is 5.36. The number of halogens is 2. The SMILES string of the molecule is CNCC1CCN(C(=O)c2cc(C3CC3)nc3ccccc23)CC1.Cl.Cl. The van der Waals surface area contributed by atoms with Crippen LogP contribution >= 0.6 is 24.8 Å². The Morgan fingerprint density at radius 3 is 2.50 bits per heavy atom. The first-order chi connectivity index (χ1) is 11.8. The molecule has 0 radical (unpaired) electrons. The lowest BCUT2D eigenvalue weighted by molar-refractivity contribution is 0.0692. The van der Waals surface area contributed by atoms with Crippen LogP contribution in [0.4, 0.5) is 0 Å². The highest BCUT2D eigenvalue weighted by Crippen LogP contribution is 2.40. The van der Waals surface area contributed by atoms with Crippen LogP contribution in [0.5, 0.6) is 0 Å². The number of piperidine rings is 1. The number of likely N-dealkylation sites (tertiary alicyclic amines) is 1. The maximum atomic E-state index is 13.2. The van der Waals surface area contributed by atoms with Crippen molar-refractivity contribution in [1.82, 2.24) is 15.2 Å². The molecule has 2 aromatic rings. The summed E-state index contributed by atoms with van der Waals surface area (Å²) in [6.45, 7) is 2.77. The molecule has 142 valence electrons. The number of hydrogen-bond acceptors (Lipinski definition) is 3. The van der Waals surface area contributed by atoms with Crippen molar-refractivity contribution < 1.29 is 4.79 Å². The fraction of sp³-hybridized carbons (Fsp3) is 0.500. The first-order valence-electron chi connectivity index (χ1n) is 9.10. The van der Waals surface area contributed by atoms with Crippen molar-refractivity contribution in [3.05, 3.63) is 41.6 Å². The van der Waals surface area contributed by atoms with Crippen molar-refractivity contribution in [3.8, 4) is 0 Å². The molecule has 1 saturated heterocycles. The van der Waals surface area contributed by atoms with Crippen molar-refractivity contribution in [2.75, 3.05) is 26.7 Å². The topological polar surface area (TPSA) is 45.2 Å². The van der Waals surface area contributed by atoms with E-state index >= 15 is 0 Å². The van der Waals surface area contributed by atoms with Gasteiger partial charge in [-0.05, 0) is 57.3 Å². The molecule has 6 heteroatoms. The molecule has 2 fully saturated rings. The van der Waals surface area contributed by atoms with Gasteiger partial charge in [0, 0.05) is 30.1 Å². The number of hydrogen-bond donors (Lipinski definition) is 1. The summed E-state index contributed by atoms with van der Waals surface area (Å²) in [5.41, 5.74) is 2.90. The second kappa shape index (κ2) is 9.03. The minimum absolute atomic E-state index is 0. The fourth-order valence-electron chi connectivity index (χ4n) is 3.76. The van der Waals surface area contributed by atoms with E-state index in [9.17, 15) is 4.79 Å². The average Bonchev–Trinajstić information content (AvgIpc) is 3.46. The van der Waals surface area contributed by atoms with Crippen LogP contribution in [0.15, 0.2) is 30.3 Å². The number of nitrogens with one attached hydrogen (secondary N) is 1. The molecule has 1 saturated carbocycles. The number of pyridine rings is 1. The molecule has 2 heterocycles. The van der Waals surface area contributed by atoms with Gasteiger partial charge in [0.15, 0.2) is 0 Å². The molecule has 2 aliphatic rings. The number of carbonyl (C=O) groups is 1. The lowest BCUT2D eigenvalue weighted by Gasteiger charge is -2.32. The summed E-state index contributed by atoms with van der Waals surface area (Å²) in [6.07, 6.45) is 4.58. The number of carbonyl (C=O) groups excluding carboxylic acids is 1. The number of aromatic nitrogens is 1. The lowest BCUT2D eigenvalue weighted by Crippen LogP contribution is -2.40. The standard InChI is InChI=1S/C20H25N3O.2ClH/c1-21-13-14-8-10-23(11-9-14)20(24)17-12-19(15-6-7-15)22-18-5-3-2-4-16(17)18;;/h2-5,12,14-15,21H,6-11,13H2,1H3;2*1H. The van der Waals surface area contributed by atoms with Gasteiger partial charge in [-0.3, -0.25) is 9.78 Å². The van der Waals surface area contributed by atoms with E-state index in [0.717, 1.165) is 54.6 Å². The van der Waals surface area contributed by atoms with Gasteiger partial charge in [-0.1, -0.05) is 18.2 Å². The van der Waals surface area contributed by atoms with E-state index in [-0.39, 0.29) is 30.7 Å². The first kappa shape index (κ1) is 20.9. The van der Waals surface area contributed by atoms with Gasteiger partial charge >= 0.3 is 0 Å². The molecule has 1 amide bonds. The maximum absolute atomic E-state index is 13.2. The van der Waals surface area contributed by atoms with Crippen LogP contribution in [0.3, 0.4) is 0 Å². The van der Waals surface area contributed by atoms with E-state index in [2.05, 4.69) is 11.4 Å². The van der Waals surface area contributed by atoms with Gasteiger partial charge < -0.3 is 10.2 Å². The molecule has 1 N–H and O–H groups in total. The number of fused-ring (bicyclic) bond motifs is 1. The lowest BCUT2D eigenvalue weighted by atomic mass is 9.96. The molecule has 0 atom stereocenters. The van der Waals surface area contributed by atoms with Crippen molar-refractivity contribution >= 4 is 41.6 Å². The van der Waals surface area contributed by atoms with Crippen LogP contribution in [-0.4, -0.2) is 42.5 Å². The number of rotatable bonds is 4. The number of para-hydroxylation sites is 1. The summed E-state index contributed by atoms with van der Waals surface area (Å²) in [5, 5.41) is 4.24. The van der Waals surface area contributed by atoms with Gasteiger partial charge in [-0.2, -0.15) is 0 Å². The number of benzene rings is 1. The van der Waals surface area contributed by atoms with E-state index in [1.165, 1.54) is 12.8 Å². The highest BCUT2D eigenvalue weighted by atomic mass is 35.5. The molecule has 4 nitrogen and oxygen atoms in total. The molecule has 0 spiro atoms. The molecule has 0 unspecified atom stereocenters. The molecule has 1 aliphatic heterocycles. The van der Waals surface area contributed by atoms with Crippen molar-refractivity contribution in [2.45, 2.75) is 31.6 Å². The summed E-state index contributed by atoms with van der Waals surface area (Å²) in [4.78, 5) is 20.0. The summed E-state index contributed by atoms with van der Waals surface area (Å²) in [5.74, 6) is 1.43. The van der Waals surface area contributed by atoms with Crippen LogP contribution in [0, 0.1) is 5.92 Å². The Kier molecular flexibility index (Phi) is 7.27. The van der Waals surface area contributed by atoms with E-state index in [1.807, 2.05) is 36.2 Å². The van der Waals surface area contributed by atoms with E-state index in [1.54, 1.807) is 0 Å². The minimum Gasteiger partial charge on any atom is -0.339 e. The van der Waals surface area contributed by atoms with Crippen LogP contribution in [0.25, 0.3) is 10.9 Å². The largest absolute Gasteiger partial charge is 0.339 e. The number of nitrogens with zero attached hydrogens (tertiary/aromatic N) is 2. The van der Waals surface area contributed by atoms with Crippen molar-refractivity contribution in [2.24, 2.45) is 5.92 Å². The molecule has 26 heavy (non-hydrogen) atoms. The molecular formula is C20H27Cl2N3O. The van der Waals surface area contributed by atoms with Crippen molar-refractivity contribution in [3.63, 3.8) is 0 Å². The van der Waals surface area contributed by atoms with Gasteiger partial charge in [-0.15, -0.1) is 24.8 Å². The monoisotopic (exact) mass is 395 g/mol. The number of amides is 1. The smallest absolute Gasteiger partial charge is 0.254 e. The summed E-state index contributed by atoms with van der Waals surface area (Å²) < 4.78 is 0. The summed E-state index contributed by atoms with van der Waals surface area (Å²) in [6, 6.07) is 10.1. The Hall–Kier alpha value is -1.36. The first-order valence-corrected chi connectivity index (χ1v) is 9.10. The highest BCUT2D eigenvalue weighted by molar-refractivity contribution is 6.06. The Morgan fingerprint density at radius 1 is 1.15 bits per heavy atom. The van der Waals surface area contributed by atoms with E-state index in [4.69, 9.17) is 4.98 Å². The maximum Gasteiger partial charge on any atom is 0.254 e. The quantitative estimate of drug-likeness (QED) is 0.849. The molecule has 4 rings (SSSR count). The third kappa shape index (κ3) is 4.30. The van der Waals surface area contributed by atoms with Gasteiger partial charge in [0.2, 0.25) is 0 Å². The predicted octanol–water partition coefficient (Wildman–Crippen LogP) is 4.03.